The van der Waals surface area contributed by atoms with Gasteiger partial charge in [0.15, 0.2) is 0 Å². The summed E-state index contributed by atoms with van der Waals surface area (Å²) in [5.41, 5.74) is 5.68. The third kappa shape index (κ3) is 5.19. The van der Waals surface area contributed by atoms with E-state index in [1.54, 1.807) is 30.3 Å². The Kier molecular flexibility index (Phi) is 6.58. The highest BCUT2D eigenvalue weighted by atomic mass is 16.5. The molecule has 0 aliphatic heterocycles. The van der Waals surface area contributed by atoms with Crippen molar-refractivity contribution < 1.29 is 18.7 Å². The molecule has 1 aromatic heterocycles. The summed E-state index contributed by atoms with van der Waals surface area (Å²) in [6.07, 6.45) is 2.63. The lowest BCUT2D eigenvalue weighted by atomic mass is 10.1. The molecule has 1 amide bonds. The second kappa shape index (κ2) is 9.50. The Balaban J connectivity index is 1.62. The number of hydrogen-bond donors (Lipinski definition) is 1. The molecule has 6 heteroatoms. The number of methoxy groups -OCH3 is 1. The van der Waals surface area contributed by atoms with Gasteiger partial charge in [0, 0.05) is 5.56 Å². The molecule has 148 valence electrons. The summed E-state index contributed by atoms with van der Waals surface area (Å²) in [5, 5.41) is 3.94. The zero-order chi connectivity index (χ0) is 20.6. The van der Waals surface area contributed by atoms with E-state index in [4.69, 9.17) is 9.15 Å². The van der Waals surface area contributed by atoms with Crippen LogP contribution in [-0.2, 0) is 22.4 Å². The van der Waals surface area contributed by atoms with Crippen molar-refractivity contribution in [3.8, 4) is 11.3 Å². The lowest BCUT2D eigenvalue weighted by molar-refractivity contribution is -0.120. The van der Waals surface area contributed by atoms with Crippen molar-refractivity contribution >= 4 is 18.1 Å². The lowest BCUT2D eigenvalue weighted by Crippen LogP contribution is -2.19. The molecule has 6 nitrogen and oxygen atoms in total. The third-order valence-electron chi connectivity index (χ3n) is 4.40. The fourth-order valence-electron chi connectivity index (χ4n) is 2.84. The fraction of sp³-hybridized carbons (Fsp3) is 0.174. The summed E-state index contributed by atoms with van der Waals surface area (Å²) in [6.45, 7) is 2.09. The van der Waals surface area contributed by atoms with Crippen LogP contribution in [0.1, 0.15) is 34.2 Å². The number of furan rings is 1. The largest absolute Gasteiger partial charge is 0.465 e. The maximum Gasteiger partial charge on any atom is 0.338 e. The normalized spacial score (nSPS) is 10.8. The number of carbonyl (C=O) groups excluding carboxylic acids is 2. The zero-order valence-corrected chi connectivity index (χ0v) is 16.3. The molecule has 0 saturated heterocycles. The lowest BCUT2D eigenvalue weighted by Gasteiger charge is -2.04. The van der Waals surface area contributed by atoms with Gasteiger partial charge in [-0.1, -0.05) is 49.4 Å². The maximum absolute atomic E-state index is 12.0. The molecule has 0 fully saturated rings. The SMILES string of the molecule is CCc1ccc(CC(=O)N/N=C\c2ccc(-c3ccccc3C(=O)OC)o2)cc1. The van der Waals surface area contributed by atoms with E-state index in [1.807, 2.05) is 30.3 Å². The molecule has 1 N–H and O–H groups in total. The smallest absolute Gasteiger partial charge is 0.338 e. The molecular weight excluding hydrogens is 368 g/mol. The molecule has 0 radical (unpaired) electrons. The minimum Gasteiger partial charge on any atom is -0.465 e. The maximum atomic E-state index is 12.0. The molecule has 0 bridgehead atoms. The van der Waals surface area contributed by atoms with Crippen LogP contribution >= 0.6 is 0 Å². The van der Waals surface area contributed by atoms with E-state index < -0.39 is 5.97 Å². The Morgan fingerprint density at radius 3 is 2.48 bits per heavy atom. The van der Waals surface area contributed by atoms with Gasteiger partial charge in [-0.15, -0.1) is 0 Å². The molecule has 0 spiro atoms. The standard InChI is InChI=1S/C23H22N2O4/c1-3-16-8-10-17(11-9-16)14-22(26)25-24-15-18-12-13-21(29-18)19-6-4-5-7-20(19)23(27)28-2/h4-13,15H,3,14H2,1-2H3,(H,25,26)/b24-15-. The number of nitrogens with zero attached hydrogens (tertiary/aromatic N) is 1. The number of hydrogen-bond acceptors (Lipinski definition) is 5. The molecule has 0 saturated carbocycles. The van der Waals surface area contributed by atoms with Crippen LogP contribution in [0.5, 0.6) is 0 Å². The molecule has 2 aromatic carbocycles. The minimum absolute atomic E-state index is 0.215. The van der Waals surface area contributed by atoms with Gasteiger partial charge in [0.2, 0.25) is 5.91 Å². The molecule has 0 aliphatic carbocycles. The first kappa shape index (κ1) is 20.1. The van der Waals surface area contributed by atoms with Crippen LogP contribution in [0, 0.1) is 0 Å². The molecule has 29 heavy (non-hydrogen) atoms. The highest BCUT2D eigenvalue weighted by Crippen LogP contribution is 2.26. The van der Waals surface area contributed by atoms with Crippen molar-refractivity contribution in [3.63, 3.8) is 0 Å². The Morgan fingerprint density at radius 1 is 1.03 bits per heavy atom. The van der Waals surface area contributed by atoms with E-state index in [9.17, 15) is 9.59 Å². The highest BCUT2D eigenvalue weighted by molar-refractivity contribution is 5.96. The van der Waals surface area contributed by atoms with E-state index in [-0.39, 0.29) is 12.3 Å². The molecule has 3 rings (SSSR count). The van der Waals surface area contributed by atoms with Crippen LogP contribution in [0.4, 0.5) is 0 Å². The van der Waals surface area contributed by atoms with Crippen molar-refractivity contribution in [2.75, 3.05) is 7.11 Å². The molecule has 1 heterocycles. The second-order valence-corrected chi connectivity index (χ2v) is 6.38. The first-order valence-electron chi connectivity index (χ1n) is 9.28. The Bertz CT molecular complexity index is 1020. The molecular formula is C23H22N2O4. The van der Waals surface area contributed by atoms with Crippen molar-refractivity contribution in [2.24, 2.45) is 5.10 Å². The molecule has 0 aliphatic rings. The van der Waals surface area contributed by atoms with Crippen molar-refractivity contribution in [3.05, 3.63) is 83.1 Å². The van der Waals surface area contributed by atoms with E-state index in [1.165, 1.54) is 18.9 Å². The third-order valence-corrected chi connectivity index (χ3v) is 4.40. The van der Waals surface area contributed by atoms with E-state index in [0.717, 1.165) is 12.0 Å². The number of aryl methyl sites for hydroxylation is 1. The summed E-state index contributed by atoms with van der Waals surface area (Å²) in [7, 11) is 1.33. The van der Waals surface area contributed by atoms with Crippen molar-refractivity contribution in [2.45, 2.75) is 19.8 Å². The Hall–Kier alpha value is -3.67. The van der Waals surface area contributed by atoms with Gasteiger partial charge in [0.1, 0.15) is 11.5 Å². The first-order chi connectivity index (χ1) is 14.1. The molecule has 0 unspecified atom stereocenters. The predicted molar refractivity (Wildman–Crippen MR) is 111 cm³/mol. The predicted octanol–water partition coefficient (Wildman–Crippen LogP) is 3.99. The number of benzene rings is 2. The Morgan fingerprint density at radius 2 is 1.76 bits per heavy atom. The van der Waals surface area contributed by atoms with E-state index >= 15 is 0 Å². The summed E-state index contributed by atoms with van der Waals surface area (Å²) in [6, 6.07) is 18.4. The number of esters is 1. The average Bonchev–Trinajstić information content (AvgIpc) is 3.22. The summed E-state index contributed by atoms with van der Waals surface area (Å²) in [4.78, 5) is 23.9. The fourth-order valence-corrected chi connectivity index (χ4v) is 2.84. The van der Waals surface area contributed by atoms with Gasteiger partial charge in [0.05, 0.1) is 25.3 Å². The number of carbonyl (C=O) groups is 2. The number of rotatable bonds is 7. The van der Waals surface area contributed by atoms with Crippen LogP contribution in [0.2, 0.25) is 0 Å². The number of nitrogens with one attached hydrogen (secondary N) is 1. The number of amides is 1. The summed E-state index contributed by atoms with van der Waals surface area (Å²) < 4.78 is 10.5. The van der Waals surface area contributed by atoms with Gasteiger partial charge in [-0.3, -0.25) is 4.79 Å². The quantitative estimate of drug-likeness (QED) is 0.376. The van der Waals surface area contributed by atoms with E-state index in [2.05, 4.69) is 17.5 Å². The zero-order valence-electron chi connectivity index (χ0n) is 16.3. The van der Waals surface area contributed by atoms with Crippen LogP contribution in [0.3, 0.4) is 0 Å². The van der Waals surface area contributed by atoms with Gasteiger partial charge < -0.3 is 9.15 Å². The van der Waals surface area contributed by atoms with Crippen LogP contribution in [0.15, 0.2) is 70.2 Å². The van der Waals surface area contributed by atoms with Crippen LogP contribution < -0.4 is 5.43 Å². The molecule has 0 atom stereocenters. The minimum atomic E-state index is -0.438. The van der Waals surface area contributed by atoms with E-state index in [0.29, 0.717) is 22.6 Å². The van der Waals surface area contributed by atoms with Crippen LogP contribution in [0.25, 0.3) is 11.3 Å². The Labute approximate surface area is 169 Å². The van der Waals surface area contributed by atoms with Crippen LogP contribution in [-0.4, -0.2) is 25.2 Å². The number of hydrazone groups is 1. The topological polar surface area (TPSA) is 80.9 Å². The second-order valence-electron chi connectivity index (χ2n) is 6.38. The first-order valence-corrected chi connectivity index (χ1v) is 9.28. The number of ether oxygens (including phenoxy) is 1. The summed E-state index contributed by atoms with van der Waals surface area (Å²) in [5.74, 6) is 0.307. The van der Waals surface area contributed by atoms with Gasteiger partial charge in [-0.25, -0.2) is 10.2 Å². The van der Waals surface area contributed by atoms with Gasteiger partial charge in [-0.05, 0) is 35.7 Å². The van der Waals surface area contributed by atoms with Crippen molar-refractivity contribution in [1.29, 1.82) is 0 Å². The van der Waals surface area contributed by atoms with Gasteiger partial charge in [0.25, 0.3) is 0 Å². The monoisotopic (exact) mass is 390 g/mol. The van der Waals surface area contributed by atoms with Crippen molar-refractivity contribution in [1.82, 2.24) is 5.43 Å². The molecule has 3 aromatic rings. The summed E-state index contributed by atoms with van der Waals surface area (Å²) >= 11 is 0. The van der Waals surface area contributed by atoms with Gasteiger partial charge in [-0.2, -0.15) is 5.10 Å². The average molecular weight is 390 g/mol. The van der Waals surface area contributed by atoms with Gasteiger partial charge >= 0.3 is 5.97 Å². The highest BCUT2D eigenvalue weighted by Gasteiger charge is 2.15.